The number of alkyl carbamates (subject to hydrolysis) is 1. The standard InChI is InChI=1S/C27H41N3O4/c1-18-9-19-12-26(5,29-24(32)34-25(2,3)4)17-27(11-18,13-19)28-14-23(31)30-15-20-7-8-22(33-6)10-21(20)16-30/h7-8,10,18-19,28H,9,11-17H2,1-6H3,(H,29,32). The first-order chi connectivity index (χ1) is 15.9. The molecular formula is C27H41N3O4. The van der Waals surface area contributed by atoms with Gasteiger partial charge in [-0.25, -0.2) is 4.79 Å². The van der Waals surface area contributed by atoms with E-state index in [2.05, 4.69) is 30.5 Å². The Morgan fingerprint density at radius 3 is 2.59 bits per heavy atom. The number of hydrogen-bond donors (Lipinski definition) is 2. The first kappa shape index (κ1) is 24.8. The number of rotatable bonds is 5. The molecule has 0 radical (unpaired) electrons. The van der Waals surface area contributed by atoms with Crippen LogP contribution in [0.4, 0.5) is 4.79 Å². The van der Waals surface area contributed by atoms with Crippen molar-refractivity contribution in [2.24, 2.45) is 11.8 Å². The van der Waals surface area contributed by atoms with Gasteiger partial charge in [-0.15, -0.1) is 0 Å². The highest BCUT2D eigenvalue weighted by Gasteiger charge is 2.50. The predicted octanol–water partition coefficient (Wildman–Crippen LogP) is 4.38. The van der Waals surface area contributed by atoms with E-state index in [4.69, 9.17) is 9.47 Å². The summed E-state index contributed by atoms with van der Waals surface area (Å²) in [6.07, 6.45) is 4.60. The number of amides is 2. The van der Waals surface area contributed by atoms with Crippen molar-refractivity contribution in [3.63, 3.8) is 0 Å². The van der Waals surface area contributed by atoms with Crippen LogP contribution in [0.3, 0.4) is 0 Å². The number of hydrogen-bond acceptors (Lipinski definition) is 5. The molecule has 4 atom stereocenters. The number of fused-ring (bicyclic) bond motifs is 3. The average Bonchev–Trinajstić information content (AvgIpc) is 3.12. The van der Waals surface area contributed by atoms with E-state index in [1.807, 2.05) is 37.8 Å². The fraction of sp³-hybridized carbons (Fsp3) is 0.704. The highest BCUT2D eigenvalue weighted by Crippen LogP contribution is 2.49. The van der Waals surface area contributed by atoms with E-state index in [1.165, 1.54) is 5.56 Å². The van der Waals surface area contributed by atoms with Crippen molar-refractivity contribution in [1.82, 2.24) is 15.5 Å². The van der Waals surface area contributed by atoms with Crippen LogP contribution in [0.15, 0.2) is 18.2 Å². The lowest BCUT2D eigenvalue weighted by Gasteiger charge is -2.55. The van der Waals surface area contributed by atoms with Crippen molar-refractivity contribution >= 4 is 12.0 Å². The maximum atomic E-state index is 13.2. The molecule has 7 heteroatoms. The average molecular weight is 472 g/mol. The van der Waals surface area contributed by atoms with Gasteiger partial charge in [-0.1, -0.05) is 13.0 Å². The van der Waals surface area contributed by atoms with Crippen LogP contribution in [-0.2, 0) is 22.6 Å². The van der Waals surface area contributed by atoms with Gasteiger partial charge >= 0.3 is 6.09 Å². The fourth-order valence-corrected chi connectivity index (χ4v) is 6.70. The molecule has 2 aliphatic carbocycles. The van der Waals surface area contributed by atoms with Crippen LogP contribution >= 0.6 is 0 Å². The van der Waals surface area contributed by atoms with Gasteiger partial charge in [-0.3, -0.25) is 4.79 Å². The van der Waals surface area contributed by atoms with E-state index >= 15 is 0 Å². The Bertz CT molecular complexity index is 938. The minimum absolute atomic E-state index is 0.117. The Kier molecular flexibility index (Phi) is 6.62. The molecular weight excluding hydrogens is 430 g/mol. The second-order valence-electron chi connectivity index (χ2n) is 12.2. The summed E-state index contributed by atoms with van der Waals surface area (Å²) >= 11 is 0. The molecule has 0 saturated heterocycles. The SMILES string of the molecule is COc1ccc2c(c1)CN(C(=O)CNC13CC(C)CC(CC(C)(NC(=O)OC(C)(C)C)C1)C3)C2. The smallest absolute Gasteiger partial charge is 0.408 e. The van der Waals surface area contributed by atoms with E-state index in [1.54, 1.807) is 7.11 Å². The molecule has 0 aromatic heterocycles. The van der Waals surface area contributed by atoms with Crippen LogP contribution < -0.4 is 15.4 Å². The number of methoxy groups -OCH3 is 1. The van der Waals surface area contributed by atoms with Gasteiger partial charge in [0.15, 0.2) is 0 Å². The molecule has 1 aromatic rings. The molecule has 2 fully saturated rings. The van der Waals surface area contributed by atoms with Crippen LogP contribution in [0, 0.1) is 11.8 Å². The molecule has 2 saturated carbocycles. The first-order valence-corrected chi connectivity index (χ1v) is 12.6. The number of carbonyl (C=O) groups excluding carboxylic acids is 2. The van der Waals surface area contributed by atoms with Crippen molar-refractivity contribution in [2.45, 2.75) is 96.5 Å². The fourth-order valence-electron chi connectivity index (χ4n) is 6.70. The van der Waals surface area contributed by atoms with E-state index in [-0.39, 0.29) is 23.1 Å². The van der Waals surface area contributed by atoms with Gasteiger partial charge in [0, 0.05) is 24.2 Å². The highest BCUT2D eigenvalue weighted by atomic mass is 16.6. The Hall–Kier alpha value is -2.28. The molecule has 2 N–H and O–H groups in total. The number of nitrogens with one attached hydrogen (secondary N) is 2. The predicted molar refractivity (Wildman–Crippen MR) is 131 cm³/mol. The summed E-state index contributed by atoms with van der Waals surface area (Å²) in [5.74, 6) is 2.05. The van der Waals surface area contributed by atoms with Gasteiger partial charge < -0.3 is 25.0 Å². The van der Waals surface area contributed by atoms with Gasteiger partial charge in [0.2, 0.25) is 5.91 Å². The summed E-state index contributed by atoms with van der Waals surface area (Å²) in [6, 6.07) is 6.03. The number of benzene rings is 1. The summed E-state index contributed by atoms with van der Waals surface area (Å²) in [7, 11) is 1.66. The Balaban J connectivity index is 1.41. The zero-order valence-electron chi connectivity index (χ0n) is 21.6. The zero-order valence-corrected chi connectivity index (χ0v) is 21.6. The largest absolute Gasteiger partial charge is 0.497 e. The normalized spacial score (nSPS) is 30.5. The van der Waals surface area contributed by atoms with Crippen LogP contribution in [0.5, 0.6) is 5.75 Å². The number of carbonyl (C=O) groups is 2. The number of ether oxygens (including phenoxy) is 2. The third kappa shape index (κ3) is 5.68. The second-order valence-corrected chi connectivity index (χ2v) is 12.2. The number of nitrogens with zero attached hydrogens (tertiary/aromatic N) is 1. The lowest BCUT2D eigenvalue weighted by atomic mass is 9.58. The molecule has 34 heavy (non-hydrogen) atoms. The van der Waals surface area contributed by atoms with Gasteiger partial charge in [0.05, 0.1) is 13.7 Å². The van der Waals surface area contributed by atoms with Crippen LogP contribution in [0.1, 0.15) is 77.8 Å². The van der Waals surface area contributed by atoms with E-state index < -0.39 is 5.60 Å². The molecule has 1 heterocycles. The highest BCUT2D eigenvalue weighted by molar-refractivity contribution is 5.79. The zero-order chi connectivity index (χ0) is 24.7. The van der Waals surface area contributed by atoms with E-state index in [9.17, 15) is 9.59 Å². The van der Waals surface area contributed by atoms with Gasteiger partial charge in [-0.05, 0) is 94.9 Å². The third-order valence-corrected chi connectivity index (χ3v) is 7.53. The van der Waals surface area contributed by atoms with Crippen molar-refractivity contribution in [3.05, 3.63) is 29.3 Å². The lowest BCUT2D eigenvalue weighted by Crippen LogP contribution is -2.64. The van der Waals surface area contributed by atoms with Crippen LogP contribution in [-0.4, -0.2) is 47.2 Å². The van der Waals surface area contributed by atoms with Gasteiger partial charge in [0.1, 0.15) is 11.4 Å². The summed E-state index contributed by atoms with van der Waals surface area (Å²) < 4.78 is 10.9. The van der Waals surface area contributed by atoms with Crippen molar-refractivity contribution in [3.8, 4) is 5.75 Å². The third-order valence-electron chi connectivity index (χ3n) is 7.53. The Labute approximate surface area is 203 Å². The molecule has 4 rings (SSSR count). The first-order valence-electron chi connectivity index (χ1n) is 12.6. The van der Waals surface area contributed by atoms with Crippen molar-refractivity contribution < 1.29 is 19.1 Å². The maximum Gasteiger partial charge on any atom is 0.408 e. The molecule has 2 amide bonds. The van der Waals surface area contributed by atoms with E-state index in [0.29, 0.717) is 31.5 Å². The minimum Gasteiger partial charge on any atom is -0.497 e. The van der Waals surface area contributed by atoms with Gasteiger partial charge in [-0.2, -0.15) is 0 Å². The molecule has 1 aliphatic heterocycles. The van der Waals surface area contributed by atoms with Crippen LogP contribution in [0.25, 0.3) is 0 Å². The molecule has 188 valence electrons. The van der Waals surface area contributed by atoms with Crippen molar-refractivity contribution in [1.29, 1.82) is 0 Å². The summed E-state index contributed by atoms with van der Waals surface area (Å²) in [6.45, 7) is 11.7. The van der Waals surface area contributed by atoms with Crippen LogP contribution in [0.2, 0.25) is 0 Å². The van der Waals surface area contributed by atoms with Gasteiger partial charge in [0.25, 0.3) is 0 Å². The maximum absolute atomic E-state index is 13.2. The molecule has 1 aromatic carbocycles. The Morgan fingerprint density at radius 1 is 1.15 bits per heavy atom. The monoisotopic (exact) mass is 471 g/mol. The topological polar surface area (TPSA) is 79.9 Å². The second kappa shape index (κ2) is 9.06. The molecule has 2 bridgehead atoms. The summed E-state index contributed by atoms with van der Waals surface area (Å²) in [5.41, 5.74) is 1.30. The Morgan fingerprint density at radius 2 is 1.88 bits per heavy atom. The summed E-state index contributed by atoms with van der Waals surface area (Å²) in [4.78, 5) is 27.7. The molecule has 0 spiro atoms. The molecule has 7 nitrogen and oxygen atoms in total. The minimum atomic E-state index is -0.529. The molecule has 4 unspecified atom stereocenters. The quantitative estimate of drug-likeness (QED) is 0.666. The van der Waals surface area contributed by atoms with Crippen molar-refractivity contribution in [2.75, 3.05) is 13.7 Å². The molecule has 3 aliphatic rings. The summed E-state index contributed by atoms with van der Waals surface area (Å²) in [5, 5.41) is 6.87. The lowest BCUT2D eigenvalue weighted by molar-refractivity contribution is -0.131. The van der Waals surface area contributed by atoms with E-state index in [0.717, 1.165) is 43.4 Å².